The Labute approximate surface area is 117 Å². The van der Waals surface area contributed by atoms with Crippen LogP contribution in [-0.4, -0.2) is 24.6 Å². The van der Waals surface area contributed by atoms with Gasteiger partial charge in [0.2, 0.25) is 0 Å². The summed E-state index contributed by atoms with van der Waals surface area (Å²) in [5, 5.41) is 10.9. The molecule has 0 heterocycles. The standard InChI is InChI=1S/C11H10ClF2NO5/c1-19-10(16)4-6-2-8(15(17)18)7(5-12)3-9(6)20-11(13)14/h2-3,11H,4-5H2,1H3. The third-order valence-corrected chi connectivity index (χ3v) is 2.67. The minimum absolute atomic E-state index is 0.0148. The van der Waals surface area contributed by atoms with Crippen molar-refractivity contribution in [2.24, 2.45) is 0 Å². The molecule has 0 aromatic heterocycles. The monoisotopic (exact) mass is 309 g/mol. The average Bonchev–Trinajstić information content (AvgIpc) is 2.38. The van der Waals surface area contributed by atoms with Crippen LogP contribution >= 0.6 is 11.6 Å². The van der Waals surface area contributed by atoms with Gasteiger partial charge in [0.1, 0.15) is 5.75 Å². The van der Waals surface area contributed by atoms with E-state index in [2.05, 4.69) is 9.47 Å². The summed E-state index contributed by atoms with van der Waals surface area (Å²) >= 11 is 5.53. The van der Waals surface area contributed by atoms with E-state index in [0.717, 1.165) is 19.2 Å². The van der Waals surface area contributed by atoms with Gasteiger partial charge in [0.15, 0.2) is 0 Å². The molecule has 1 rings (SSSR count). The van der Waals surface area contributed by atoms with Crippen molar-refractivity contribution in [3.63, 3.8) is 0 Å². The van der Waals surface area contributed by atoms with Crippen molar-refractivity contribution >= 4 is 23.3 Å². The van der Waals surface area contributed by atoms with Gasteiger partial charge in [-0.15, -0.1) is 11.6 Å². The second-order valence-corrected chi connectivity index (χ2v) is 3.88. The third kappa shape index (κ3) is 4.02. The molecule has 0 bridgehead atoms. The molecule has 0 saturated heterocycles. The van der Waals surface area contributed by atoms with Crippen molar-refractivity contribution in [2.75, 3.05) is 7.11 Å². The van der Waals surface area contributed by atoms with Crippen LogP contribution in [0.15, 0.2) is 12.1 Å². The Bertz CT molecular complexity index is 524. The smallest absolute Gasteiger partial charge is 0.387 e. The van der Waals surface area contributed by atoms with E-state index >= 15 is 0 Å². The topological polar surface area (TPSA) is 78.7 Å². The zero-order chi connectivity index (χ0) is 15.3. The first-order valence-electron chi connectivity index (χ1n) is 5.26. The largest absolute Gasteiger partial charge is 0.469 e. The highest BCUT2D eigenvalue weighted by molar-refractivity contribution is 6.17. The highest BCUT2D eigenvalue weighted by atomic mass is 35.5. The number of carbonyl (C=O) groups excluding carboxylic acids is 1. The van der Waals surface area contributed by atoms with Gasteiger partial charge in [0, 0.05) is 17.2 Å². The number of nitro benzene ring substituents is 1. The quantitative estimate of drug-likeness (QED) is 0.349. The highest BCUT2D eigenvalue weighted by Gasteiger charge is 2.21. The summed E-state index contributed by atoms with van der Waals surface area (Å²) in [6, 6.07) is 2.00. The first-order chi connectivity index (χ1) is 9.38. The second-order valence-electron chi connectivity index (χ2n) is 3.61. The molecule has 0 atom stereocenters. The lowest BCUT2D eigenvalue weighted by molar-refractivity contribution is -0.385. The van der Waals surface area contributed by atoms with Crippen molar-refractivity contribution in [3.8, 4) is 5.75 Å². The van der Waals surface area contributed by atoms with Gasteiger partial charge in [-0.25, -0.2) is 0 Å². The molecule has 0 unspecified atom stereocenters. The van der Waals surface area contributed by atoms with Gasteiger partial charge in [-0.2, -0.15) is 8.78 Å². The fraction of sp³-hybridized carbons (Fsp3) is 0.364. The fourth-order valence-electron chi connectivity index (χ4n) is 1.50. The van der Waals surface area contributed by atoms with Gasteiger partial charge >= 0.3 is 12.6 Å². The maximum atomic E-state index is 12.3. The van der Waals surface area contributed by atoms with Gasteiger partial charge < -0.3 is 9.47 Å². The number of benzene rings is 1. The molecule has 0 amide bonds. The van der Waals surface area contributed by atoms with E-state index in [1.54, 1.807) is 0 Å². The van der Waals surface area contributed by atoms with E-state index in [-0.39, 0.29) is 28.4 Å². The Morgan fingerprint density at radius 1 is 1.45 bits per heavy atom. The van der Waals surface area contributed by atoms with E-state index in [1.165, 1.54) is 0 Å². The molecule has 0 N–H and O–H groups in total. The summed E-state index contributed by atoms with van der Waals surface area (Å²) in [6.45, 7) is -3.13. The molecule has 0 aliphatic carbocycles. The van der Waals surface area contributed by atoms with Crippen LogP contribution in [0.25, 0.3) is 0 Å². The number of nitrogens with zero attached hydrogens (tertiary/aromatic N) is 1. The number of methoxy groups -OCH3 is 1. The minimum Gasteiger partial charge on any atom is -0.469 e. The van der Waals surface area contributed by atoms with Crippen LogP contribution in [0.3, 0.4) is 0 Å². The summed E-state index contributed by atoms with van der Waals surface area (Å²) < 4.78 is 33.3. The van der Waals surface area contributed by atoms with E-state index in [9.17, 15) is 23.7 Å². The van der Waals surface area contributed by atoms with Crippen molar-refractivity contribution in [3.05, 3.63) is 33.4 Å². The Hall–Kier alpha value is -1.96. The summed E-state index contributed by atoms with van der Waals surface area (Å²) in [4.78, 5) is 21.3. The van der Waals surface area contributed by atoms with Crippen LogP contribution < -0.4 is 4.74 Å². The number of esters is 1. The molecule has 6 nitrogen and oxygen atoms in total. The number of halogens is 3. The van der Waals surface area contributed by atoms with E-state index < -0.39 is 23.9 Å². The van der Waals surface area contributed by atoms with E-state index in [1.807, 2.05) is 0 Å². The first-order valence-corrected chi connectivity index (χ1v) is 5.80. The van der Waals surface area contributed by atoms with Crippen LogP contribution in [0.5, 0.6) is 5.75 Å². The number of hydrogen-bond acceptors (Lipinski definition) is 5. The van der Waals surface area contributed by atoms with Gasteiger partial charge in [-0.1, -0.05) is 0 Å². The molecular formula is C11H10ClF2NO5. The Morgan fingerprint density at radius 2 is 2.10 bits per heavy atom. The van der Waals surface area contributed by atoms with Crippen molar-refractivity contribution in [1.29, 1.82) is 0 Å². The normalized spacial score (nSPS) is 10.4. The summed E-state index contributed by atoms with van der Waals surface area (Å²) in [5.41, 5.74) is -0.431. The third-order valence-electron chi connectivity index (χ3n) is 2.38. The zero-order valence-electron chi connectivity index (χ0n) is 10.3. The second kappa shape index (κ2) is 6.99. The molecule has 0 aliphatic heterocycles. The molecule has 1 aromatic carbocycles. The number of nitro groups is 1. The SMILES string of the molecule is COC(=O)Cc1cc([N+](=O)[O-])c(CCl)cc1OC(F)F. The Kier molecular flexibility index (Phi) is 5.63. The highest BCUT2D eigenvalue weighted by Crippen LogP contribution is 2.31. The lowest BCUT2D eigenvalue weighted by atomic mass is 10.1. The van der Waals surface area contributed by atoms with E-state index in [4.69, 9.17) is 11.6 Å². The van der Waals surface area contributed by atoms with E-state index in [0.29, 0.717) is 0 Å². The van der Waals surface area contributed by atoms with Crippen LogP contribution in [-0.2, 0) is 21.8 Å². The van der Waals surface area contributed by atoms with Crippen LogP contribution in [0.1, 0.15) is 11.1 Å². The van der Waals surface area contributed by atoms with Crippen LogP contribution in [0.4, 0.5) is 14.5 Å². The first kappa shape index (κ1) is 16.1. The molecule has 0 spiro atoms. The molecule has 0 radical (unpaired) electrons. The summed E-state index contributed by atoms with van der Waals surface area (Å²) in [5.74, 6) is -1.34. The predicted molar refractivity (Wildman–Crippen MR) is 65.0 cm³/mol. The Balaban J connectivity index is 3.31. The predicted octanol–water partition coefficient (Wildman–Crippen LogP) is 2.65. The van der Waals surface area contributed by atoms with Crippen molar-refractivity contribution in [2.45, 2.75) is 18.9 Å². The van der Waals surface area contributed by atoms with Crippen LogP contribution in [0, 0.1) is 10.1 Å². The van der Waals surface area contributed by atoms with Crippen molar-refractivity contribution < 1.29 is 28.0 Å². The molecule has 110 valence electrons. The number of carbonyl (C=O) groups is 1. The Morgan fingerprint density at radius 3 is 2.55 bits per heavy atom. The van der Waals surface area contributed by atoms with Crippen molar-refractivity contribution in [1.82, 2.24) is 0 Å². The number of ether oxygens (including phenoxy) is 2. The number of hydrogen-bond donors (Lipinski definition) is 0. The lowest BCUT2D eigenvalue weighted by Crippen LogP contribution is -2.10. The summed E-state index contributed by atoms with van der Waals surface area (Å²) in [7, 11) is 1.11. The molecule has 9 heteroatoms. The maximum Gasteiger partial charge on any atom is 0.387 e. The van der Waals surface area contributed by atoms with Crippen LogP contribution in [0.2, 0.25) is 0 Å². The average molecular weight is 310 g/mol. The van der Waals surface area contributed by atoms with Gasteiger partial charge in [0.05, 0.1) is 24.3 Å². The molecule has 0 saturated carbocycles. The molecule has 1 aromatic rings. The molecule has 0 aliphatic rings. The number of alkyl halides is 3. The van der Waals surface area contributed by atoms with Gasteiger partial charge in [-0.05, 0) is 6.07 Å². The zero-order valence-corrected chi connectivity index (χ0v) is 11.0. The fourth-order valence-corrected chi connectivity index (χ4v) is 1.72. The minimum atomic E-state index is -3.13. The summed E-state index contributed by atoms with van der Waals surface area (Å²) in [6.07, 6.45) is -0.429. The van der Waals surface area contributed by atoms with Gasteiger partial charge in [-0.3, -0.25) is 14.9 Å². The van der Waals surface area contributed by atoms with Gasteiger partial charge in [0.25, 0.3) is 5.69 Å². The lowest BCUT2D eigenvalue weighted by Gasteiger charge is -2.11. The maximum absolute atomic E-state index is 12.3. The number of rotatable bonds is 6. The molecular weight excluding hydrogens is 300 g/mol. The molecule has 20 heavy (non-hydrogen) atoms. The molecule has 0 fully saturated rings.